The Labute approximate surface area is 154 Å². The van der Waals surface area contributed by atoms with E-state index in [-0.39, 0.29) is 11.4 Å². The predicted octanol–water partition coefficient (Wildman–Crippen LogP) is 2.12. The van der Waals surface area contributed by atoms with Crippen LogP contribution in [0.4, 0.5) is 0 Å². The van der Waals surface area contributed by atoms with E-state index in [2.05, 4.69) is 9.88 Å². The number of carbonyl (C=O) groups excluding carboxylic acids is 1. The summed E-state index contributed by atoms with van der Waals surface area (Å²) in [7, 11) is 1.74. The second kappa shape index (κ2) is 7.39. The molecule has 0 saturated carbocycles. The Morgan fingerprint density at radius 3 is 2.85 bits per heavy atom. The molecule has 0 aliphatic carbocycles. The Bertz CT molecular complexity index is 732. The van der Waals surface area contributed by atoms with Crippen molar-refractivity contribution >= 4 is 16.8 Å². The van der Waals surface area contributed by atoms with Crippen molar-refractivity contribution in [2.24, 2.45) is 0 Å². The maximum Gasteiger partial charge on any atom is 0.270 e. The number of nitrogens with zero attached hydrogens (tertiary/aromatic N) is 2. The molecular weight excluding hydrogens is 330 g/mol. The van der Waals surface area contributed by atoms with Gasteiger partial charge in [0.2, 0.25) is 0 Å². The van der Waals surface area contributed by atoms with E-state index in [0.29, 0.717) is 5.69 Å². The Morgan fingerprint density at radius 1 is 1.27 bits per heavy atom. The van der Waals surface area contributed by atoms with E-state index in [4.69, 9.17) is 9.47 Å². The van der Waals surface area contributed by atoms with Crippen LogP contribution in [0.3, 0.4) is 0 Å². The summed E-state index contributed by atoms with van der Waals surface area (Å²) in [6.45, 7) is 5.67. The van der Waals surface area contributed by atoms with E-state index >= 15 is 0 Å². The third-order valence-corrected chi connectivity index (χ3v) is 5.85. The maximum absolute atomic E-state index is 12.9. The zero-order valence-corrected chi connectivity index (χ0v) is 15.4. The molecule has 140 valence electrons. The van der Waals surface area contributed by atoms with Gasteiger partial charge in [-0.25, -0.2) is 0 Å². The van der Waals surface area contributed by atoms with E-state index in [1.54, 1.807) is 7.11 Å². The fourth-order valence-corrected chi connectivity index (χ4v) is 4.26. The highest BCUT2D eigenvalue weighted by Crippen LogP contribution is 2.32. The van der Waals surface area contributed by atoms with E-state index in [1.165, 1.54) is 0 Å². The van der Waals surface area contributed by atoms with Crippen LogP contribution in [0.15, 0.2) is 30.3 Å². The number of morpholine rings is 1. The first-order valence-corrected chi connectivity index (χ1v) is 9.41. The lowest BCUT2D eigenvalue weighted by Crippen LogP contribution is -2.62. The van der Waals surface area contributed by atoms with Crippen molar-refractivity contribution in [3.8, 4) is 0 Å². The molecule has 3 heterocycles. The number of fused-ring (bicyclic) bond motifs is 1. The number of para-hydroxylation sites is 1. The highest BCUT2D eigenvalue weighted by atomic mass is 16.5. The van der Waals surface area contributed by atoms with Crippen LogP contribution in [-0.2, 0) is 9.47 Å². The van der Waals surface area contributed by atoms with Gasteiger partial charge in [0.1, 0.15) is 5.69 Å². The zero-order valence-electron chi connectivity index (χ0n) is 15.4. The lowest BCUT2D eigenvalue weighted by Gasteiger charge is -2.51. The average Bonchev–Trinajstić information content (AvgIpc) is 3.12. The summed E-state index contributed by atoms with van der Waals surface area (Å²) in [5.41, 5.74) is 1.74. The van der Waals surface area contributed by atoms with Gasteiger partial charge in [-0.15, -0.1) is 0 Å². The summed E-state index contributed by atoms with van der Waals surface area (Å²) in [4.78, 5) is 20.7. The van der Waals surface area contributed by atoms with Crippen LogP contribution in [0.2, 0.25) is 0 Å². The van der Waals surface area contributed by atoms with Gasteiger partial charge in [-0.2, -0.15) is 0 Å². The Balaban J connectivity index is 1.44. The van der Waals surface area contributed by atoms with Gasteiger partial charge in [-0.1, -0.05) is 18.2 Å². The molecule has 1 spiro atoms. The van der Waals surface area contributed by atoms with Crippen molar-refractivity contribution in [1.29, 1.82) is 0 Å². The van der Waals surface area contributed by atoms with Gasteiger partial charge in [0.15, 0.2) is 0 Å². The lowest BCUT2D eigenvalue weighted by molar-refractivity contribution is -0.0968. The highest BCUT2D eigenvalue weighted by molar-refractivity contribution is 5.98. The number of hydrogen-bond donors (Lipinski definition) is 1. The fourth-order valence-electron chi connectivity index (χ4n) is 4.26. The predicted molar refractivity (Wildman–Crippen MR) is 100 cm³/mol. The number of benzene rings is 1. The summed E-state index contributed by atoms with van der Waals surface area (Å²) in [5.74, 6) is 0.0937. The molecule has 26 heavy (non-hydrogen) atoms. The molecule has 1 aromatic carbocycles. The summed E-state index contributed by atoms with van der Waals surface area (Å²) < 4.78 is 11.1. The van der Waals surface area contributed by atoms with Gasteiger partial charge in [0.25, 0.3) is 5.91 Å². The quantitative estimate of drug-likeness (QED) is 0.911. The Hall–Kier alpha value is -1.89. The van der Waals surface area contributed by atoms with Crippen LogP contribution in [0.25, 0.3) is 10.9 Å². The van der Waals surface area contributed by atoms with Crippen molar-refractivity contribution < 1.29 is 14.3 Å². The first-order valence-electron chi connectivity index (χ1n) is 9.41. The largest absolute Gasteiger partial charge is 0.383 e. The smallest absolute Gasteiger partial charge is 0.270 e. The molecule has 4 rings (SSSR count). The minimum Gasteiger partial charge on any atom is -0.383 e. The number of aromatic nitrogens is 1. The Morgan fingerprint density at radius 2 is 2.08 bits per heavy atom. The molecule has 1 N–H and O–H groups in total. The molecule has 2 saturated heterocycles. The molecule has 2 aliphatic rings. The number of methoxy groups -OCH3 is 1. The van der Waals surface area contributed by atoms with Crippen molar-refractivity contribution in [1.82, 2.24) is 14.8 Å². The molecule has 1 aromatic heterocycles. The van der Waals surface area contributed by atoms with Crippen LogP contribution in [-0.4, -0.2) is 79.3 Å². The standard InChI is InChI=1S/C20H27N3O3/c1-25-12-10-23-11-13-26-15-20(23)6-8-22(9-7-20)19(24)18-14-16-4-2-3-5-17(16)21-18/h2-5,14,21H,6-13,15H2,1H3. The van der Waals surface area contributed by atoms with Crippen molar-refractivity contribution in [2.45, 2.75) is 18.4 Å². The molecule has 0 radical (unpaired) electrons. The Kier molecular flexibility index (Phi) is 4.98. The van der Waals surface area contributed by atoms with Gasteiger partial charge >= 0.3 is 0 Å². The molecule has 1 amide bonds. The number of amides is 1. The maximum atomic E-state index is 12.9. The van der Waals surface area contributed by atoms with Gasteiger partial charge in [-0.05, 0) is 25.0 Å². The van der Waals surface area contributed by atoms with E-state index in [0.717, 1.165) is 69.7 Å². The van der Waals surface area contributed by atoms with Crippen LogP contribution in [0.1, 0.15) is 23.3 Å². The molecule has 2 fully saturated rings. The van der Waals surface area contributed by atoms with Gasteiger partial charge < -0.3 is 19.4 Å². The van der Waals surface area contributed by atoms with Crippen LogP contribution < -0.4 is 0 Å². The van der Waals surface area contributed by atoms with Gasteiger partial charge in [0, 0.05) is 49.7 Å². The number of piperidine rings is 1. The van der Waals surface area contributed by atoms with Crippen molar-refractivity contribution in [3.63, 3.8) is 0 Å². The molecule has 2 aliphatic heterocycles. The average molecular weight is 357 g/mol. The second-order valence-corrected chi connectivity index (χ2v) is 7.32. The van der Waals surface area contributed by atoms with Crippen LogP contribution in [0, 0.1) is 0 Å². The first kappa shape index (κ1) is 17.5. The number of hydrogen-bond acceptors (Lipinski definition) is 4. The third kappa shape index (κ3) is 3.24. The number of carbonyl (C=O) groups is 1. The summed E-state index contributed by atoms with van der Waals surface area (Å²) in [6, 6.07) is 9.96. The van der Waals surface area contributed by atoms with Crippen LogP contribution in [0.5, 0.6) is 0 Å². The minimum atomic E-state index is 0.0496. The first-order chi connectivity index (χ1) is 12.7. The van der Waals surface area contributed by atoms with Gasteiger partial charge in [-0.3, -0.25) is 9.69 Å². The molecule has 6 heteroatoms. The number of nitrogens with one attached hydrogen (secondary N) is 1. The molecule has 2 aromatic rings. The molecule has 0 bridgehead atoms. The summed E-state index contributed by atoms with van der Waals surface area (Å²) in [5, 5.41) is 1.08. The number of aromatic amines is 1. The van der Waals surface area contributed by atoms with Crippen LogP contribution >= 0.6 is 0 Å². The topological polar surface area (TPSA) is 57.8 Å². The molecular formula is C20H27N3O3. The molecule has 6 nitrogen and oxygen atoms in total. The monoisotopic (exact) mass is 357 g/mol. The van der Waals surface area contributed by atoms with Crippen molar-refractivity contribution in [3.05, 3.63) is 36.0 Å². The minimum absolute atomic E-state index is 0.0496. The normalized spacial score (nSPS) is 20.7. The van der Waals surface area contributed by atoms with E-state index < -0.39 is 0 Å². The summed E-state index contributed by atoms with van der Waals surface area (Å²) in [6.07, 6.45) is 1.89. The van der Waals surface area contributed by atoms with Crippen molar-refractivity contribution in [2.75, 3.05) is 53.1 Å². The number of ether oxygens (including phenoxy) is 2. The SMILES string of the molecule is COCCN1CCOCC12CCN(C(=O)c1cc3ccccc3[nH]1)CC2. The second-order valence-electron chi connectivity index (χ2n) is 7.32. The third-order valence-electron chi connectivity index (χ3n) is 5.85. The summed E-state index contributed by atoms with van der Waals surface area (Å²) >= 11 is 0. The van der Waals surface area contributed by atoms with E-state index in [9.17, 15) is 4.79 Å². The number of rotatable bonds is 4. The highest BCUT2D eigenvalue weighted by Gasteiger charge is 2.42. The lowest BCUT2D eigenvalue weighted by atomic mass is 9.85. The molecule has 0 unspecified atom stereocenters. The number of H-pyrrole nitrogens is 1. The number of likely N-dealkylation sites (tertiary alicyclic amines) is 1. The molecule has 0 atom stereocenters. The van der Waals surface area contributed by atoms with Gasteiger partial charge in [0.05, 0.1) is 19.8 Å². The fraction of sp³-hybridized carbons (Fsp3) is 0.550. The zero-order chi connectivity index (χ0) is 18.0. The van der Waals surface area contributed by atoms with E-state index in [1.807, 2.05) is 35.2 Å².